The molecular weight excluding hydrogens is 340 g/mol. The number of hydrogen-bond donors (Lipinski definition) is 0. The number of thioether (sulfide) groups is 1. The Morgan fingerprint density at radius 2 is 2.00 bits per heavy atom. The molecule has 0 aliphatic heterocycles. The Morgan fingerprint density at radius 1 is 1.25 bits per heavy atom. The lowest BCUT2D eigenvalue weighted by Crippen LogP contribution is -2.17. The molecule has 0 amide bonds. The van der Waals surface area contributed by atoms with Crippen LogP contribution < -0.4 is 0 Å². The first-order valence-electron chi connectivity index (χ1n) is 7.64. The van der Waals surface area contributed by atoms with E-state index < -0.39 is 0 Å². The number of rotatable bonds is 5. The second-order valence-electron chi connectivity index (χ2n) is 5.50. The fraction of sp³-hybridized carbons (Fsp3) is 0.278. The summed E-state index contributed by atoms with van der Waals surface area (Å²) in [6.07, 6.45) is 1.56. The first kappa shape index (κ1) is 16.9. The van der Waals surface area contributed by atoms with Crippen molar-refractivity contribution in [3.05, 3.63) is 52.7 Å². The van der Waals surface area contributed by atoms with E-state index in [4.69, 9.17) is 4.74 Å². The van der Waals surface area contributed by atoms with Crippen LogP contribution in [0.4, 0.5) is 0 Å². The molecule has 0 saturated heterocycles. The van der Waals surface area contributed by atoms with Gasteiger partial charge in [0.2, 0.25) is 0 Å². The van der Waals surface area contributed by atoms with Gasteiger partial charge in [-0.1, -0.05) is 42.1 Å². The van der Waals surface area contributed by atoms with Gasteiger partial charge in [0.25, 0.3) is 0 Å². The zero-order chi connectivity index (χ0) is 17.1. The molecule has 0 fully saturated rings. The molecule has 2 heterocycles. The standard InChI is InChI=1S/C18H18N2O2S2/c1-11-12(2)23-16-15(11)17(20-10-19-16)24-13(3)18(21)22-9-14-7-5-4-6-8-14/h4-8,10,13H,9H2,1-3H3/t13-/m0/s1. The summed E-state index contributed by atoms with van der Waals surface area (Å²) in [4.78, 5) is 23.2. The van der Waals surface area contributed by atoms with Crippen molar-refractivity contribution in [2.24, 2.45) is 0 Å². The summed E-state index contributed by atoms with van der Waals surface area (Å²) in [5.74, 6) is -0.236. The summed E-state index contributed by atoms with van der Waals surface area (Å²) < 4.78 is 5.41. The molecule has 2 aromatic heterocycles. The van der Waals surface area contributed by atoms with Crippen LogP contribution in [0.1, 0.15) is 22.9 Å². The molecule has 3 rings (SSSR count). The molecule has 124 valence electrons. The minimum absolute atomic E-state index is 0.236. The Balaban J connectivity index is 1.70. The molecule has 4 nitrogen and oxygen atoms in total. The first-order chi connectivity index (χ1) is 11.6. The lowest BCUT2D eigenvalue weighted by molar-refractivity contribution is -0.143. The minimum Gasteiger partial charge on any atom is -0.460 e. The largest absolute Gasteiger partial charge is 0.460 e. The van der Waals surface area contributed by atoms with E-state index in [0.717, 1.165) is 20.8 Å². The number of fused-ring (bicyclic) bond motifs is 1. The third-order valence-electron chi connectivity index (χ3n) is 3.77. The van der Waals surface area contributed by atoms with Crippen molar-refractivity contribution < 1.29 is 9.53 Å². The maximum atomic E-state index is 12.3. The van der Waals surface area contributed by atoms with Crippen molar-refractivity contribution in [2.75, 3.05) is 0 Å². The van der Waals surface area contributed by atoms with Crippen LogP contribution in [0.5, 0.6) is 0 Å². The summed E-state index contributed by atoms with van der Waals surface area (Å²) in [5, 5.41) is 1.56. The van der Waals surface area contributed by atoms with E-state index in [9.17, 15) is 4.79 Å². The van der Waals surface area contributed by atoms with E-state index in [1.165, 1.54) is 22.2 Å². The number of carbonyl (C=O) groups is 1. The number of ether oxygens (including phenoxy) is 1. The highest BCUT2D eigenvalue weighted by Gasteiger charge is 2.20. The van der Waals surface area contributed by atoms with Crippen LogP contribution in [-0.4, -0.2) is 21.2 Å². The van der Waals surface area contributed by atoms with Gasteiger partial charge in [-0.25, -0.2) is 9.97 Å². The molecule has 1 atom stereocenters. The number of aryl methyl sites for hydroxylation is 2. The van der Waals surface area contributed by atoms with E-state index in [2.05, 4.69) is 23.8 Å². The van der Waals surface area contributed by atoms with E-state index >= 15 is 0 Å². The molecule has 0 bridgehead atoms. The Labute approximate surface area is 149 Å². The van der Waals surface area contributed by atoms with Gasteiger partial charge in [-0.05, 0) is 31.9 Å². The van der Waals surface area contributed by atoms with Gasteiger partial charge in [0.15, 0.2) is 0 Å². The topological polar surface area (TPSA) is 52.1 Å². The zero-order valence-electron chi connectivity index (χ0n) is 13.8. The zero-order valence-corrected chi connectivity index (χ0v) is 15.4. The summed E-state index contributed by atoms with van der Waals surface area (Å²) in [6, 6.07) is 9.68. The van der Waals surface area contributed by atoms with Gasteiger partial charge in [-0.3, -0.25) is 4.79 Å². The Bertz CT molecular complexity index is 862. The predicted molar refractivity (Wildman–Crippen MR) is 98.4 cm³/mol. The fourth-order valence-electron chi connectivity index (χ4n) is 2.30. The van der Waals surface area contributed by atoms with Crippen molar-refractivity contribution in [3.8, 4) is 0 Å². The van der Waals surface area contributed by atoms with Gasteiger partial charge >= 0.3 is 5.97 Å². The van der Waals surface area contributed by atoms with Gasteiger partial charge < -0.3 is 4.74 Å². The number of aromatic nitrogens is 2. The molecule has 0 spiro atoms. The summed E-state index contributed by atoms with van der Waals surface area (Å²) >= 11 is 3.08. The summed E-state index contributed by atoms with van der Waals surface area (Å²) in [5.41, 5.74) is 2.17. The number of benzene rings is 1. The number of thiophene rings is 1. The molecule has 0 N–H and O–H groups in total. The fourth-order valence-corrected chi connectivity index (χ4v) is 4.34. The van der Waals surface area contributed by atoms with Crippen molar-refractivity contribution in [1.29, 1.82) is 0 Å². The van der Waals surface area contributed by atoms with Crippen molar-refractivity contribution >= 4 is 39.3 Å². The van der Waals surface area contributed by atoms with Gasteiger partial charge in [0.05, 0.1) is 0 Å². The molecule has 0 radical (unpaired) electrons. The molecule has 0 aliphatic rings. The summed E-state index contributed by atoms with van der Waals surface area (Å²) in [6.45, 7) is 6.29. The SMILES string of the molecule is Cc1sc2ncnc(S[C@@H](C)C(=O)OCc3ccccc3)c2c1C. The second kappa shape index (κ2) is 7.32. The molecule has 6 heteroatoms. The van der Waals surface area contributed by atoms with Gasteiger partial charge in [-0.2, -0.15) is 0 Å². The number of nitrogens with zero attached hydrogens (tertiary/aromatic N) is 2. The minimum atomic E-state index is -0.327. The lowest BCUT2D eigenvalue weighted by atomic mass is 10.2. The normalized spacial score (nSPS) is 12.3. The average Bonchev–Trinajstić information content (AvgIpc) is 2.89. The van der Waals surface area contributed by atoms with E-state index in [-0.39, 0.29) is 11.2 Å². The molecular formula is C18H18N2O2S2. The highest BCUT2D eigenvalue weighted by atomic mass is 32.2. The Morgan fingerprint density at radius 3 is 2.75 bits per heavy atom. The number of esters is 1. The monoisotopic (exact) mass is 358 g/mol. The highest BCUT2D eigenvalue weighted by molar-refractivity contribution is 8.00. The summed E-state index contributed by atoms with van der Waals surface area (Å²) in [7, 11) is 0. The average molecular weight is 358 g/mol. The Kier molecular flexibility index (Phi) is 5.16. The lowest BCUT2D eigenvalue weighted by Gasteiger charge is -2.11. The van der Waals surface area contributed by atoms with Crippen LogP contribution in [0.15, 0.2) is 41.7 Å². The maximum absolute atomic E-state index is 12.3. The second-order valence-corrected chi connectivity index (χ2v) is 8.03. The highest BCUT2D eigenvalue weighted by Crippen LogP contribution is 2.36. The van der Waals surface area contributed by atoms with Crippen LogP contribution in [-0.2, 0) is 16.1 Å². The van der Waals surface area contributed by atoms with Crippen LogP contribution in [0.3, 0.4) is 0 Å². The molecule has 0 aliphatic carbocycles. The van der Waals surface area contributed by atoms with Gasteiger partial charge in [0, 0.05) is 10.3 Å². The Hall–Kier alpha value is -1.92. The van der Waals surface area contributed by atoms with Gasteiger partial charge in [-0.15, -0.1) is 11.3 Å². The predicted octanol–water partition coefficient (Wildman–Crippen LogP) is 4.53. The van der Waals surface area contributed by atoms with Crippen LogP contribution in [0.25, 0.3) is 10.2 Å². The molecule has 3 aromatic rings. The van der Waals surface area contributed by atoms with Gasteiger partial charge in [0.1, 0.15) is 28.0 Å². The van der Waals surface area contributed by atoms with Crippen LogP contribution in [0.2, 0.25) is 0 Å². The third kappa shape index (κ3) is 3.60. The third-order valence-corrected chi connectivity index (χ3v) is 5.97. The van der Waals surface area contributed by atoms with Crippen molar-refractivity contribution in [3.63, 3.8) is 0 Å². The maximum Gasteiger partial charge on any atom is 0.319 e. The van der Waals surface area contributed by atoms with Crippen LogP contribution >= 0.6 is 23.1 Å². The molecule has 0 unspecified atom stereocenters. The van der Waals surface area contributed by atoms with Crippen molar-refractivity contribution in [2.45, 2.75) is 37.7 Å². The van der Waals surface area contributed by atoms with E-state index in [1.807, 2.05) is 37.3 Å². The van der Waals surface area contributed by atoms with E-state index in [0.29, 0.717) is 6.61 Å². The van der Waals surface area contributed by atoms with Crippen molar-refractivity contribution in [1.82, 2.24) is 9.97 Å². The van der Waals surface area contributed by atoms with Crippen LogP contribution in [0, 0.1) is 13.8 Å². The molecule has 1 aromatic carbocycles. The molecule has 0 saturated carbocycles. The molecule has 24 heavy (non-hydrogen) atoms. The smallest absolute Gasteiger partial charge is 0.319 e. The first-order valence-corrected chi connectivity index (χ1v) is 9.34. The number of carbonyl (C=O) groups excluding carboxylic acids is 1. The number of hydrogen-bond acceptors (Lipinski definition) is 6. The van der Waals surface area contributed by atoms with E-state index in [1.54, 1.807) is 17.7 Å². The quantitative estimate of drug-likeness (QED) is 0.381.